The van der Waals surface area contributed by atoms with Crippen molar-refractivity contribution in [3.63, 3.8) is 0 Å². The fourth-order valence-electron chi connectivity index (χ4n) is 1.98. The molecule has 0 unspecified atom stereocenters. The predicted octanol–water partition coefficient (Wildman–Crippen LogP) is 4.48. The number of hydrogen-bond acceptors (Lipinski definition) is 2. The highest BCUT2D eigenvalue weighted by Crippen LogP contribution is 2.31. The maximum atomic E-state index is 5.45. The molecule has 0 saturated heterocycles. The first-order valence-electron chi connectivity index (χ1n) is 6.38. The zero-order valence-electron chi connectivity index (χ0n) is 11.7. The molecule has 0 spiro atoms. The zero-order chi connectivity index (χ0) is 13.5. The van der Waals surface area contributed by atoms with E-state index in [1.54, 1.807) is 7.11 Å². The first-order chi connectivity index (χ1) is 8.81. The molecule has 2 heteroatoms. The second-order valence-corrected chi connectivity index (χ2v) is 3.60. The molecular weight excluding hydrogens is 222 g/mol. The molecule has 2 nitrogen and oxygen atoms in total. The predicted molar refractivity (Wildman–Crippen MR) is 79.1 cm³/mol. The molecule has 0 fully saturated rings. The molecule has 0 aliphatic heterocycles. The van der Waals surface area contributed by atoms with E-state index in [1.807, 2.05) is 38.3 Å². The Labute approximate surface area is 109 Å². The molecule has 1 aromatic heterocycles. The van der Waals surface area contributed by atoms with Gasteiger partial charge in [0, 0.05) is 28.2 Å². The highest BCUT2D eigenvalue weighted by atomic mass is 16.5. The Morgan fingerprint density at radius 1 is 1.22 bits per heavy atom. The Bertz CT molecular complexity index is 532. The van der Waals surface area contributed by atoms with Gasteiger partial charge in [-0.2, -0.15) is 0 Å². The summed E-state index contributed by atoms with van der Waals surface area (Å²) in [5.74, 6) is 0.879. The molecule has 0 aliphatic carbocycles. The van der Waals surface area contributed by atoms with Crippen molar-refractivity contribution in [3.8, 4) is 5.75 Å². The number of benzene rings is 1. The number of nitrogens with zero attached hydrogens (tertiary/aromatic N) is 1. The molecule has 0 atom stereocenters. The van der Waals surface area contributed by atoms with Gasteiger partial charge >= 0.3 is 0 Å². The SMILES string of the molecule is C=Cc1ccc2c(CC)nccc2c1OC.CC. The number of aryl methyl sites for hydroxylation is 1. The van der Waals surface area contributed by atoms with Gasteiger partial charge in [-0.25, -0.2) is 0 Å². The number of pyridine rings is 1. The van der Waals surface area contributed by atoms with Crippen LogP contribution in [0.2, 0.25) is 0 Å². The lowest BCUT2D eigenvalue weighted by Gasteiger charge is -2.10. The maximum Gasteiger partial charge on any atom is 0.133 e. The lowest BCUT2D eigenvalue weighted by molar-refractivity contribution is 0.419. The highest BCUT2D eigenvalue weighted by molar-refractivity contribution is 5.93. The summed E-state index contributed by atoms with van der Waals surface area (Å²) in [5, 5.41) is 2.26. The molecular formula is C16H21NO. The Hall–Kier alpha value is -1.83. The van der Waals surface area contributed by atoms with Gasteiger partial charge in [0.05, 0.1) is 7.11 Å². The summed E-state index contributed by atoms with van der Waals surface area (Å²) in [4.78, 5) is 4.37. The summed E-state index contributed by atoms with van der Waals surface area (Å²) in [6.45, 7) is 9.90. The van der Waals surface area contributed by atoms with Crippen LogP contribution >= 0.6 is 0 Å². The molecule has 96 valence electrons. The van der Waals surface area contributed by atoms with Crippen LogP contribution in [0.25, 0.3) is 16.8 Å². The van der Waals surface area contributed by atoms with E-state index in [9.17, 15) is 0 Å². The average Bonchev–Trinajstić information content (AvgIpc) is 2.47. The molecule has 18 heavy (non-hydrogen) atoms. The summed E-state index contributed by atoms with van der Waals surface area (Å²) >= 11 is 0. The van der Waals surface area contributed by atoms with Crippen LogP contribution in [0.5, 0.6) is 5.75 Å². The lowest BCUT2D eigenvalue weighted by Crippen LogP contribution is -1.93. The van der Waals surface area contributed by atoms with E-state index in [1.165, 1.54) is 0 Å². The molecule has 2 rings (SSSR count). The van der Waals surface area contributed by atoms with Crippen molar-refractivity contribution in [2.45, 2.75) is 27.2 Å². The molecule has 2 aromatic rings. The minimum atomic E-state index is 0.879. The Kier molecular flexibility index (Phi) is 5.37. The van der Waals surface area contributed by atoms with E-state index in [-0.39, 0.29) is 0 Å². The van der Waals surface area contributed by atoms with Crippen molar-refractivity contribution in [2.75, 3.05) is 7.11 Å². The summed E-state index contributed by atoms with van der Waals surface area (Å²) in [5.41, 5.74) is 2.12. The first kappa shape index (κ1) is 14.2. The third-order valence-corrected chi connectivity index (χ3v) is 2.77. The number of aromatic nitrogens is 1. The van der Waals surface area contributed by atoms with E-state index < -0.39 is 0 Å². The molecule has 1 heterocycles. The first-order valence-corrected chi connectivity index (χ1v) is 6.38. The molecule has 0 amide bonds. The number of ether oxygens (including phenoxy) is 1. The molecule has 0 bridgehead atoms. The van der Waals surface area contributed by atoms with Gasteiger partial charge in [-0.05, 0) is 12.5 Å². The third kappa shape index (κ3) is 2.53. The Balaban J connectivity index is 0.000000771. The largest absolute Gasteiger partial charge is 0.495 e. The van der Waals surface area contributed by atoms with E-state index in [4.69, 9.17) is 4.74 Å². The van der Waals surface area contributed by atoms with E-state index in [2.05, 4.69) is 24.6 Å². The van der Waals surface area contributed by atoms with Gasteiger partial charge in [0.1, 0.15) is 5.75 Å². The zero-order valence-corrected chi connectivity index (χ0v) is 11.7. The van der Waals surface area contributed by atoms with Crippen LogP contribution in [0, 0.1) is 0 Å². The van der Waals surface area contributed by atoms with Gasteiger partial charge in [0.25, 0.3) is 0 Å². The number of rotatable bonds is 3. The number of methoxy groups -OCH3 is 1. The second-order valence-electron chi connectivity index (χ2n) is 3.60. The standard InChI is InChI=1S/C14H15NO.C2H6/c1-4-10-6-7-11-12(14(10)16-3)8-9-15-13(11)5-2;1-2/h4,6-9H,1,5H2,2-3H3;1-2H3. The van der Waals surface area contributed by atoms with Crippen LogP contribution < -0.4 is 4.74 Å². The third-order valence-electron chi connectivity index (χ3n) is 2.77. The monoisotopic (exact) mass is 243 g/mol. The smallest absolute Gasteiger partial charge is 0.133 e. The Morgan fingerprint density at radius 2 is 1.94 bits per heavy atom. The Morgan fingerprint density at radius 3 is 2.50 bits per heavy atom. The van der Waals surface area contributed by atoms with Gasteiger partial charge in [-0.15, -0.1) is 0 Å². The molecule has 1 aromatic carbocycles. The van der Waals surface area contributed by atoms with Crippen LogP contribution in [0.4, 0.5) is 0 Å². The second kappa shape index (κ2) is 6.80. The normalized spacial score (nSPS) is 9.56. The van der Waals surface area contributed by atoms with Crippen molar-refractivity contribution in [1.29, 1.82) is 0 Å². The summed E-state index contributed by atoms with van der Waals surface area (Å²) in [6, 6.07) is 6.09. The van der Waals surface area contributed by atoms with Crippen molar-refractivity contribution < 1.29 is 4.74 Å². The van der Waals surface area contributed by atoms with Gasteiger partial charge in [0.2, 0.25) is 0 Å². The van der Waals surface area contributed by atoms with Crippen LogP contribution in [-0.4, -0.2) is 12.1 Å². The quantitative estimate of drug-likeness (QED) is 0.793. The van der Waals surface area contributed by atoms with Crippen molar-refractivity contribution in [3.05, 3.63) is 42.2 Å². The van der Waals surface area contributed by atoms with Crippen molar-refractivity contribution in [2.24, 2.45) is 0 Å². The molecule has 0 saturated carbocycles. The van der Waals surface area contributed by atoms with Gasteiger partial charge < -0.3 is 4.74 Å². The van der Waals surface area contributed by atoms with Crippen LogP contribution in [-0.2, 0) is 6.42 Å². The fourth-order valence-corrected chi connectivity index (χ4v) is 1.98. The molecule has 0 radical (unpaired) electrons. The van der Waals surface area contributed by atoms with Crippen molar-refractivity contribution >= 4 is 16.8 Å². The maximum absolute atomic E-state index is 5.45. The van der Waals surface area contributed by atoms with E-state index in [0.29, 0.717) is 0 Å². The minimum absolute atomic E-state index is 0.879. The topological polar surface area (TPSA) is 22.1 Å². The van der Waals surface area contributed by atoms with Crippen LogP contribution in [0.1, 0.15) is 32.0 Å². The van der Waals surface area contributed by atoms with Crippen LogP contribution in [0.3, 0.4) is 0 Å². The molecule has 0 N–H and O–H groups in total. The molecule has 0 aliphatic rings. The lowest BCUT2D eigenvalue weighted by atomic mass is 10.0. The van der Waals surface area contributed by atoms with Gasteiger partial charge in [0.15, 0.2) is 0 Å². The van der Waals surface area contributed by atoms with Crippen molar-refractivity contribution in [1.82, 2.24) is 4.98 Å². The minimum Gasteiger partial charge on any atom is -0.495 e. The highest BCUT2D eigenvalue weighted by Gasteiger charge is 2.08. The number of fused-ring (bicyclic) bond motifs is 1. The van der Waals surface area contributed by atoms with Crippen LogP contribution in [0.15, 0.2) is 31.0 Å². The van der Waals surface area contributed by atoms with Gasteiger partial charge in [-0.1, -0.05) is 45.6 Å². The summed E-state index contributed by atoms with van der Waals surface area (Å²) in [7, 11) is 1.69. The van der Waals surface area contributed by atoms with Gasteiger partial charge in [-0.3, -0.25) is 4.98 Å². The number of hydrogen-bond donors (Lipinski definition) is 0. The average molecular weight is 243 g/mol. The fraction of sp³-hybridized carbons (Fsp3) is 0.312. The summed E-state index contributed by atoms with van der Waals surface area (Å²) < 4.78 is 5.45. The van der Waals surface area contributed by atoms with E-state index in [0.717, 1.165) is 34.2 Å². The summed E-state index contributed by atoms with van der Waals surface area (Å²) in [6.07, 6.45) is 4.56. The van der Waals surface area contributed by atoms with E-state index >= 15 is 0 Å².